The number of rotatable bonds is 7. The fraction of sp³-hybridized carbons (Fsp3) is 0.238. The number of hydrogen-bond acceptors (Lipinski definition) is 7. The standard InChI is InChI=1S/C21H21NO6/c1-24-14-7-5-13(6-8-14)12-28-18-11-17(21(23)27-4)22-16-10-20(26-3)19(25-2)9-15(16)18/h5-11H,12H2,1-4H3. The van der Waals surface area contributed by atoms with E-state index < -0.39 is 5.97 Å². The monoisotopic (exact) mass is 383 g/mol. The first-order chi connectivity index (χ1) is 13.6. The maximum Gasteiger partial charge on any atom is 0.356 e. The third-order valence-electron chi connectivity index (χ3n) is 4.22. The zero-order valence-corrected chi connectivity index (χ0v) is 16.1. The topological polar surface area (TPSA) is 76.1 Å². The number of pyridine rings is 1. The zero-order valence-electron chi connectivity index (χ0n) is 16.1. The lowest BCUT2D eigenvalue weighted by Crippen LogP contribution is -2.06. The number of esters is 1. The van der Waals surface area contributed by atoms with Crippen LogP contribution in [0, 0.1) is 0 Å². The van der Waals surface area contributed by atoms with Crippen molar-refractivity contribution in [2.45, 2.75) is 6.61 Å². The molecule has 7 nitrogen and oxygen atoms in total. The summed E-state index contributed by atoms with van der Waals surface area (Å²) in [5, 5.41) is 0.693. The highest BCUT2D eigenvalue weighted by Gasteiger charge is 2.16. The van der Waals surface area contributed by atoms with Gasteiger partial charge in [-0.15, -0.1) is 0 Å². The van der Waals surface area contributed by atoms with E-state index >= 15 is 0 Å². The molecule has 0 amide bonds. The molecule has 7 heteroatoms. The quantitative estimate of drug-likeness (QED) is 0.577. The maximum absolute atomic E-state index is 12.0. The third-order valence-corrected chi connectivity index (χ3v) is 4.22. The SMILES string of the molecule is COC(=O)c1cc(OCc2ccc(OC)cc2)c2cc(OC)c(OC)cc2n1. The Labute approximate surface area is 162 Å². The van der Waals surface area contributed by atoms with Gasteiger partial charge in [-0.05, 0) is 23.8 Å². The highest BCUT2D eigenvalue weighted by molar-refractivity contribution is 5.95. The molecule has 28 heavy (non-hydrogen) atoms. The van der Waals surface area contributed by atoms with Crippen LogP contribution < -0.4 is 18.9 Å². The van der Waals surface area contributed by atoms with Crippen LogP contribution in [0.3, 0.4) is 0 Å². The number of carbonyl (C=O) groups excluding carboxylic acids is 1. The van der Waals surface area contributed by atoms with E-state index in [1.165, 1.54) is 14.2 Å². The summed E-state index contributed by atoms with van der Waals surface area (Å²) in [6, 6.07) is 12.6. The highest BCUT2D eigenvalue weighted by atomic mass is 16.5. The smallest absolute Gasteiger partial charge is 0.356 e. The maximum atomic E-state index is 12.0. The second kappa shape index (κ2) is 8.47. The van der Waals surface area contributed by atoms with E-state index in [-0.39, 0.29) is 5.69 Å². The van der Waals surface area contributed by atoms with Gasteiger partial charge in [-0.25, -0.2) is 9.78 Å². The molecule has 0 saturated heterocycles. The van der Waals surface area contributed by atoms with Crippen molar-refractivity contribution in [2.24, 2.45) is 0 Å². The van der Waals surface area contributed by atoms with Crippen LogP contribution in [0.1, 0.15) is 16.1 Å². The van der Waals surface area contributed by atoms with Gasteiger partial charge in [-0.2, -0.15) is 0 Å². The van der Waals surface area contributed by atoms with Crippen molar-refractivity contribution in [1.82, 2.24) is 4.98 Å². The van der Waals surface area contributed by atoms with Crippen LogP contribution in [0.4, 0.5) is 0 Å². The molecule has 0 aliphatic rings. The Morgan fingerprint density at radius 1 is 0.857 bits per heavy atom. The molecule has 0 saturated carbocycles. The minimum Gasteiger partial charge on any atom is -0.497 e. The lowest BCUT2D eigenvalue weighted by molar-refractivity contribution is 0.0594. The summed E-state index contributed by atoms with van der Waals surface area (Å²) in [5.74, 6) is 1.75. The second-order valence-electron chi connectivity index (χ2n) is 5.86. The summed E-state index contributed by atoms with van der Waals surface area (Å²) in [4.78, 5) is 16.4. The number of carbonyl (C=O) groups is 1. The summed E-state index contributed by atoms with van der Waals surface area (Å²) >= 11 is 0. The molecular weight excluding hydrogens is 362 g/mol. The fourth-order valence-electron chi connectivity index (χ4n) is 2.73. The van der Waals surface area contributed by atoms with Crippen molar-refractivity contribution < 1.29 is 28.5 Å². The lowest BCUT2D eigenvalue weighted by Gasteiger charge is -2.14. The minimum absolute atomic E-state index is 0.145. The van der Waals surface area contributed by atoms with Crippen LogP contribution in [0.5, 0.6) is 23.0 Å². The molecule has 0 aliphatic carbocycles. The highest BCUT2D eigenvalue weighted by Crippen LogP contribution is 2.36. The number of hydrogen-bond donors (Lipinski definition) is 0. The van der Waals surface area contributed by atoms with Crippen LogP contribution in [0.15, 0.2) is 42.5 Å². The van der Waals surface area contributed by atoms with Crippen LogP contribution in [-0.4, -0.2) is 39.4 Å². The van der Waals surface area contributed by atoms with Gasteiger partial charge in [0.05, 0.1) is 34.0 Å². The molecule has 3 rings (SSSR count). The first kappa shape index (κ1) is 19.3. The van der Waals surface area contributed by atoms with Crippen molar-refractivity contribution >= 4 is 16.9 Å². The van der Waals surface area contributed by atoms with Crippen LogP contribution in [0.2, 0.25) is 0 Å². The fourth-order valence-corrected chi connectivity index (χ4v) is 2.73. The van der Waals surface area contributed by atoms with Gasteiger partial charge in [0.1, 0.15) is 18.1 Å². The molecule has 0 bridgehead atoms. The number of benzene rings is 2. The molecule has 1 heterocycles. The van der Waals surface area contributed by atoms with E-state index in [4.69, 9.17) is 23.7 Å². The second-order valence-corrected chi connectivity index (χ2v) is 5.86. The summed E-state index contributed by atoms with van der Waals surface area (Å²) in [6.45, 7) is 0.304. The van der Waals surface area contributed by atoms with Crippen molar-refractivity contribution in [3.63, 3.8) is 0 Å². The summed E-state index contributed by atoms with van der Waals surface area (Å²) in [5.41, 5.74) is 1.63. The normalized spacial score (nSPS) is 10.4. The van der Waals surface area contributed by atoms with E-state index in [2.05, 4.69) is 4.98 Å². The largest absolute Gasteiger partial charge is 0.497 e. The molecule has 2 aromatic carbocycles. The minimum atomic E-state index is -0.550. The van der Waals surface area contributed by atoms with Gasteiger partial charge in [-0.3, -0.25) is 0 Å². The van der Waals surface area contributed by atoms with E-state index in [0.29, 0.717) is 34.8 Å². The summed E-state index contributed by atoms with van der Waals surface area (Å²) < 4.78 is 26.7. The Bertz CT molecular complexity index is 984. The Balaban J connectivity index is 2.02. The van der Waals surface area contributed by atoms with Gasteiger partial charge in [-0.1, -0.05) is 12.1 Å². The van der Waals surface area contributed by atoms with Crippen molar-refractivity contribution in [3.05, 3.63) is 53.7 Å². The Hall–Kier alpha value is -3.48. The first-order valence-electron chi connectivity index (χ1n) is 8.50. The molecule has 1 aromatic heterocycles. The van der Waals surface area contributed by atoms with E-state index in [1.54, 1.807) is 32.4 Å². The number of aromatic nitrogens is 1. The first-order valence-corrected chi connectivity index (χ1v) is 8.50. The zero-order chi connectivity index (χ0) is 20.1. The Morgan fingerprint density at radius 2 is 1.54 bits per heavy atom. The molecule has 0 fully saturated rings. The van der Waals surface area contributed by atoms with Gasteiger partial charge >= 0.3 is 5.97 Å². The number of nitrogens with zero attached hydrogens (tertiary/aromatic N) is 1. The predicted molar refractivity (Wildman–Crippen MR) is 104 cm³/mol. The van der Waals surface area contributed by atoms with Crippen LogP contribution in [0.25, 0.3) is 10.9 Å². The molecule has 0 aliphatic heterocycles. The van der Waals surface area contributed by atoms with Crippen molar-refractivity contribution in [2.75, 3.05) is 28.4 Å². The molecule has 0 unspecified atom stereocenters. The van der Waals surface area contributed by atoms with Gasteiger partial charge in [0.2, 0.25) is 0 Å². The van der Waals surface area contributed by atoms with Gasteiger partial charge in [0, 0.05) is 17.5 Å². The van der Waals surface area contributed by atoms with Gasteiger partial charge in [0.25, 0.3) is 0 Å². The average molecular weight is 383 g/mol. The summed E-state index contributed by atoms with van der Waals surface area (Å²) in [6.07, 6.45) is 0. The van der Waals surface area contributed by atoms with Crippen molar-refractivity contribution in [3.8, 4) is 23.0 Å². The number of methoxy groups -OCH3 is 4. The molecule has 0 spiro atoms. The lowest BCUT2D eigenvalue weighted by atomic mass is 10.1. The van der Waals surface area contributed by atoms with Crippen molar-refractivity contribution in [1.29, 1.82) is 0 Å². The van der Waals surface area contributed by atoms with Crippen LogP contribution in [-0.2, 0) is 11.3 Å². The molecule has 0 radical (unpaired) electrons. The molecule has 0 atom stereocenters. The Morgan fingerprint density at radius 3 is 2.14 bits per heavy atom. The third kappa shape index (κ3) is 3.93. The summed E-state index contributed by atoms with van der Waals surface area (Å²) in [7, 11) is 6.01. The van der Waals surface area contributed by atoms with E-state index in [1.807, 2.05) is 24.3 Å². The van der Waals surface area contributed by atoms with Crippen LogP contribution >= 0.6 is 0 Å². The molecular formula is C21H21NO6. The van der Waals surface area contributed by atoms with Gasteiger partial charge < -0.3 is 23.7 Å². The average Bonchev–Trinajstić information content (AvgIpc) is 2.75. The van der Waals surface area contributed by atoms with E-state index in [9.17, 15) is 4.79 Å². The molecule has 146 valence electrons. The molecule has 0 N–H and O–H groups in total. The van der Waals surface area contributed by atoms with E-state index in [0.717, 1.165) is 11.3 Å². The predicted octanol–water partition coefficient (Wildman–Crippen LogP) is 3.63. The number of fused-ring (bicyclic) bond motifs is 1. The Kier molecular flexibility index (Phi) is 5.84. The van der Waals surface area contributed by atoms with Gasteiger partial charge in [0.15, 0.2) is 17.2 Å². The molecule has 3 aromatic rings. The number of ether oxygens (including phenoxy) is 5.